The summed E-state index contributed by atoms with van der Waals surface area (Å²) in [6.45, 7) is 8.87. The van der Waals surface area contributed by atoms with Crippen LogP contribution in [-0.2, 0) is 11.2 Å². The van der Waals surface area contributed by atoms with E-state index < -0.39 is 0 Å². The molecule has 2 aromatic rings. The summed E-state index contributed by atoms with van der Waals surface area (Å²) in [7, 11) is 0. The number of hydrogen-bond acceptors (Lipinski definition) is 5. The Morgan fingerprint density at radius 3 is 2.45 bits per heavy atom. The van der Waals surface area contributed by atoms with E-state index in [1.165, 1.54) is 35.6 Å². The third-order valence-electron chi connectivity index (χ3n) is 4.77. The van der Waals surface area contributed by atoms with E-state index in [0.29, 0.717) is 37.8 Å². The van der Waals surface area contributed by atoms with Crippen molar-refractivity contribution in [3.8, 4) is 0 Å². The molecule has 0 atom stereocenters. The molecule has 0 aliphatic carbocycles. The van der Waals surface area contributed by atoms with Crippen molar-refractivity contribution in [2.24, 2.45) is 5.92 Å². The molecule has 2 heterocycles. The zero-order chi connectivity index (χ0) is 21.0. The van der Waals surface area contributed by atoms with Crippen LogP contribution in [0.4, 0.5) is 10.1 Å². The average Bonchev–Trinajstić information content (AvgIpc) is 3.03. The van der Waals surface area contributed by atoms with Crippen molar-refractivity contribution in [3.63, 3.8) is 0 Å². The molecule has 0 saturated carbocycles. The Balaban J connectivity index is 1.49. The number of nitrogens with zero attached hydrogens (tertiary/aromatic N) is 3. The van der Waals surface area contributed by atoms with Gasteiger partial charge in [-0.2, -0.15) is 0 Å². The Labute approximate surface area is 174 Å². The molecule has 1 aromatic carbocycles. The molecular weight excluding hydrogens is 391 g/mol. The fourth-order valence-electron chi connectivity index (χ4n) is 3.28. The zero-order valence-electron chi connectivity index (χ0n) is 17.1. The first kappa shape index (κ1) is 21.4. The Hall–Kier alpha value is -2.32. The molecule has 1 fully saturated rings. The third kappa shape index (κ3) is 5.83. The van der Waals surface area contributed by atoms with Crippen molar-refractivity contribution in [1.82, 2.24) is 14.8 Å². The fourth-order valence-corrected chi connectivity index (χ4v) is 4.52. The Morgan fingerprint density at radius 1 is 1.17 bits per heavy atom. The van der Waals surface area contributed by atoms with Gasteiger partial charge in [0.05, 0.1) is 17.2 Å². The molecule has 1 saturated heterocycles. The van der Waals surface area contributed by atoms with Crippen molar-refractivity contribution in [3.05, 3.63) is 45.7 Å². The Morgan fingerprint density at radius 2 is 1.83 bits per heavy atom. The number of hydrogen-bond donors (Lipinski definition) is 1. The molecule has 29 heavy (non-hydrogen) atoms. The van der Waals surface area contributed by atoms with Crippen LogP contribution in [0.25, 0.3) is 0 Å². The van der Waals surface area contributed by atoms with E-state index in [2.05, 4.69) is 24.1 Å². The standard InChI is InChI=1S/C21H27FN4O2S/c1-14(2)12-19-23-15(3)20(29-19)21(28)26-10-8-25(9-11-26)13-18(27)24-17-6-4-16(22)5-7-17/h4-7,14H,8-13H2,1-3H3,(H,24,27). The second kappa shape index (κ2) is 9.45. The van der Waals surface area contributed by atoms with Crippen LogP contribution in [0, 0.1) is 18.7 Å². The number of halogens is 1. The van der Waals surface area contributed by atoms with E-state index in [0.717, 1.165) is 22.0 Å². The number of nitrogens with one attached hydrogen (secondary N) is 1. The molecule has 8 heteroatoms. The number of carbonyl (C=O) groups excluding carboxylic acids is 2. The van der Waals surface area contributed by atoms with Gasteiger partial charge in [-0.25, -0.2) is 9.37 Å². The van der Waals surface area contributed by atoms with Crippen LogP contribution in [0.2, 0.25) is 0 Å². The van der Waals surface area contributed by atoms with Crippen LogP contribution < -0.4 is 5.32 Å². The van der Waals surface area contributed by atoms with Gasteiger partial charge in [-0.15, -0.1) is 11.3 Å². The summed E-state index contributed by atoms with van der Waals surface area (Å²) in [5.41, 5.74) is 1.37. The monoisotopic (exact) mass is 418 g/mol. The first-order chi connectivity index (χ1) is 13.8. The molecule has 2 amide bonds. The highest BCUT2D eigenvalue weighted by Crippen LogP contribution is 2.23. The normalized spacial score (nSPS) is 15.0. The molecule has 1 aliphatic heterocycles. The summed E-state index contributed by atoms with van der Waals surface area (Å²) in [5, 5.41) is 3.78. The minimum Gasteiger partial charge on any atom is -0.335 e. The Kier molecular flexibility index (Phi) is 6.97. The van der Waals surface area contributed by atoms with Gasteiger partial charge in [-0.1, -0.05) is 13.8 Å². The lowest BCUT2D eigenvalue weighted by atomic mass is 10.1. The number of piperazine rings is 1. The van der Waals surface area contributed by atoms with Crippen molar-refractivity contribution in [2.75, 3.05) is 38.0 Å². The summed E-state index contributed by atoms with van der Waals surface area (Å²) in [6.07, 6.45) is 0.885. The topological polar surface area (TPSA) is 65.5 Å². The number of carbonyl (C=O) groups is 2. The van der Waals surface area contributed by atoms with Crippen LogP contribution in [0.15, 0.2) is 24.3 Å². The van der Waals surface area contributed by atoms with Crippen LogP contribution in [0.5, 0.6) is 0 Å². The first-order valence-electron chi connectivity index (χ1n) is 9.85. The van der Waals surface area contributed by atoms with E-state index in [1.54, 1.807) is 0 Å². The number of rotatable bonds is 6. The largest absolute Gasteiger partial charge is 0.335 e. The minimum atomic E-state index is -0.337. The van der Waals surface area contributed by atoms with Gasteiger partial charge >= 0.3 is 0 Å². The molecule has 0 unspecified atom stereocenters. The maximum absolute atomic E-state index is 12.9. The van der Waals surface area contributed by atoms with Crippen LogP contribution in [0.1, 0.15) is 34.2 Å². The molecule has 3 rings (SSSR count). The van der Waals surface area contributed by atoms with Gasteiger partial charge in [-0.3, -0.25) is 14.5 Å². The summed E-state index contributed by atoms with van der Waals surface area (Å²) in [6, 6.07) is 5.70. The first-order valence-corrected chi connectivity index (χ1v) is 10.7. The number of thiazole rings is 1. The van der Waals surface area contributed by atoms with E-state index >= 15 is 0 Å². The Bertz CT molecular complexity index is 858. The minimum absolute atomic E-state index is 0.0328. The van der Waals surface area contributed by atoms with E-state index in [1.807, 2.05) is 16.7 Å². The van der Waals surface area contributed by atoms with Gasteiger partial charge < -0.3 is 10.2 Å². The number of aryl methyl sites for hydroxylation is 1. The molecule has 1 N–H and O–H groups in total. The second-order valence-corrected chi connectivity index (χ2v) is 8.83. The second-order valence-electron chi connectivity index (χ2n) is 7.74. The van der Waals surface area contributed by atoms with Crippen LogP contribution >= 0.6 is 11.3 Å². The zero-order valence-corrected chi connectivity index (χ0v) is 17.9. The van der Waals surface area contributed by atoms with Crippen molar-refractivity contribution >= 4 is 28.8 Å². The van der Waals surface area contributed by atoms with Gasteiger partial charge in [-0.05, 0) is 37.1 Å². The predicted molar refractivity (Wildman–Crippen MR) is 113 cm³/mol. The van der Waals surface area contributed by atoms with Crippen molar-refractivity contribution < 1.29 is 14.0 Å². The number of amides is 2. The highest BCUT2D eigenvalue weighted by molar-refractivity contribution is 7.13. The van der Waals surface area contributed by atoms with E-state index in [9.17, 15) is 14.0 Å². The number of aromatic nitrogens is 1. The fraction of sp³-hybridized carbons (Fsp3) is 0.476. The maximum Gasteiger partial charge on any atom is 0.265 e. The van der Waals surface area contributed by atoms with Gasteiger partial charge in [0.25, 0.3) is 5.91 Å². The molecule has 6 nitrogen and oxygen atoms in total. The quantitative estimate of drug-likeness (QED) is 0.783. The number of anilines is 1. The smallest absolute Gasteiger partial charge is 0.265 e. The summed E-state index contributed by atoms with van der Waals surface area (Å²) in [4.78, 5) is 34.2. The van der Waals surface area contributed by atoms with Gasteiger partial charge in [0.2, 0.25) is 5.91 Å². The predicted octanol–water partition coefficient (Wildman–Crippen LogP) is 3.19. The summed E-state index contributed by atoms with van der Waals surface area (Å²) in [5.74, 6) is 0.0582. The molecule has 0 spiro atoms. The van der Waals surface area contributed by atoms with Crippen LogP contribution in [0.3, 0.4) is 0 Å². The van der Waals surface area contributed by atoms with Gasteiger partial charge in [0.15, 0.2) is 0 Å². The van der Waals surface area contributed by atoms with Gasteiger partial charge in [0, 0.05) is 38.3 Å². The maximum atomic E-state index is 12.9. The van der Waals surface area contributed by atoms with E-state index in [4.69, 9.17) is 0 Å². The third-order valence-corrected chi connectivity index (χ3v) is 5.94. The SMILES string of the molecule is Cc1nc(CC(C)C)sc1C(=O)N1CCN(CC(=O)Nc2ccc(F)cc2)CC1. The lowest BCUT2D eigenvalue weighted by Crippen LogP contribution is -2.50. The van der Waals surface area contributed by atoms with Crippen molar-refractivity contribution in [2.45, 2.75) is 27.2 Å². The molecular formula is C21H27FN4O2S. The molecule has 156 valence electrons. The summed E-state index contributed by atoms with van der Waals surface area (Å²) < 4.78 is 12.9. The lowest BCUT2D eigenvalue weighted by molar-refractivity contribution is -0.117. The molecule has 1 aliphatic rings. The molecule has 0 radical (unpaired) electrons. The average molecular weight is 419 g/mol. The number of benzene rings is 1. The summed E-state index contributed by atoms with van der Waals surface area (Å²) >= 11 is 1.50. The lowest BCUT2D eigenvalue weighted by Gasteiger charge is -2.34. The molecule has 1 aromatic heterocycles. The van der Waals surface area contributed by atoms with Gasteiger partial charge in [0.1, 0.15) is 10.7 Å². The molecule has 0 bridgehead atoms. The van der Waals surface area contributed by atoms with Crippen LogP contribution in [-0.4, -0.2) is 59.3 Å². The highest BCUT2D eigenvalue weighted by atomic mass is 32.1. The highest BCUT2D eigenvalue weighted by Gasteiger charge is 2.26. The van der Waals surface area contributed by atoms with E-state index in [-0.39, 0.29) is 24.2 Å². The van der Waals surface area contributed by atoms with Crippen molar-refractivity contribution in [1.29, 1.82) is 0 Å².